The second kappa shape index (κ2) is 10.4. The summed E-state index contributed by atoms with van der Waals surface area (Å²) in [5.74, 6) is 0.212. The molecule has 5 rings (SSSR count). The van der Waals surface area contributed by atoms with E-state index in [0.29, 0.717) is 18.6 Å². The Balaban J connectivity index is 1.45. The predicted octanol–water partition coefficient (Wildman–Crippen LogP) is 6.72. The van der Waals surface area contributed by atoms with Crippen LogP contribution in [0.15, 0.2) is 71.1 Å². The first-order chi connectivity index (χ1) is 18.9. The van der Waals surface area contributed by atoms with Gasteiger partial charge in [0.15, 0.2) is 18.2 Å². The van der Waals surface area contributed by atoms with E-state index in [1.165, 1.54) is 0 Å². The van der Waals surface area contributed by atoms with Crippen molar-refractivity contribution in [2.24, 2.45) is 10.8 Å². The minimum atomic E-state index is -0.376. The van der Waals surface area contributed by atoms with Crippen molar-refractivity contribution in [2.45, 2.75) is 73.1 Å². The molecule has 40 heavy (non-hydrogen) atoms. The number of carbonyl (C=O) groups is 3. The van der Waals surface area contributed by atoms with Gasteiger partial charge in [0.25, 0.3) is 5.91 Å². The number of para-hydroxylation sites is 1. The van der Waals surface area contributed by atoms with E-state index in [-0.39, 0.29) is 40.8 Å². The minimum absolute atomic E-state index is 0.117. The summed E-state index contributed by atoms with van der Waals surface area (Å²) in [4.78, 5) is 42.2. The van der Waals surface area contributed by atoms with Crippen molar-refractivity contribution in [1.29, 1.82) is 0 Å². The molecule has 2 aromatic rings. The maximum atomic E-state index is 13.7. The van der Waals surface area contributed by atoms with Crippen LogP contribution in [0.2, 0.25) is 0 Å². The largest absolute Gasteiger partial charge is 0.484 e. The first kappa shape index (κ1) is 27.9. The number of hydrogen-bond acceptors (Lipinski definition) is 5. The molecule has 0 saturated carbocycles. The maximum absolute atomic E-state index is 13.7. The Bertz CT molecular complexity index is 1370. The van der Waals surface area contributed by atoms with E-state index in [2.05, 4.69) is 44.8 Å². The molecule has 0 spiro atoms. The summed E-state index contributed by atoms with van der Waals surface area (Å²) in [6.07, 6.45) is 2.56. The molecule has 6 nitrogen and oxygen atoms in total. The van der Waals surface area contributed by atoms with Crippen molar-refractivity contribution >= 4 is 23.2 Å². The smallest absolute Gasteiger partial charge is 0.262 e. The molecule has 210 valence electrons. The highest BCUT2D eigenvalue weighted by Crippen LogP contribution is 2.54. The van der Waals surface area contributed by atoms with Gasteiger partial charge in [0.2, 0.25) is 0 Å². The van der Waals surface area contributed by atoms with E-state index in [9.17, 15) is 14.4 Å². The molecular formula is C34H40N2O4. The van der Waals surface area contributed by atoms with Gasteiger partial charge in [0.05, 0.1) is 0 Å². The molecule has 0 bridgehead atoms. The molecule has 0 atom stereocenters. The summed E-state index contributed by atoms with van der Waals surface area (Å²) in [5, 5.41) is 2.88. The summed E-state index contributed by atoms with van der Waals surface area (Å²) >= 11 is 0. The average molecular weight is 541 g/mol. The highest BCUT2D eigenvalue weighted by molar-refractivity contribution is 6.06. The molecule has 3 aliphatic rings. The lowest BCUT2D eigenvalue weighted by molar-refractivity contribution is -0.120. The predicted molar refractivity (Wildman–Crippen MR) is 157 cm³/mol. The van der Waals surface area contributed by atoms with Gasteiger partial charge in [-0.05, 0) is 66.8 Å². The third-order valence-corrected chi connectivity index (χ3v) is 8.34. The van der Waals surface area contributed by atoms with Crippen molar-refractivity contribution < 1.29 is 19.1 Å². The second-order valence-electron chi connectivity index (χ2n) is 13.0. The van der Waals surface area contributed by atoms with Crippen LogP contribution in [0.4, 0.5) is 5.69 Å². The normalized spacial score (nSPS) is 20.3. The molecule has 1 heterocycles. The molecule has 0 saturated heterocycles. The van der Waals surface area contributed by atoms with Gasteiger partial charge >= 0.3 is 0 Å². The quantitative estimate of drug-likeness (QED) is 0.440. The average Bonchev–Trinajstić information content (AvgIpc) is 2.87. The Labute approximate surface area is 237 Å². The standard InChI is InChI=1S/C34H40N2O4/c1-7-36-25-16-33(3,4)18-27(37)31(25)30(32-26(36)17-34(5,6)19-28(32)38)22-12-14-23(15-13-22)40-20-29(39)35-24-11-9-8-10-21(24)2/h8-15,30H,7,16-20H2,1-6H3,(H,35,39). The summed E-state index contributed by atoms with van der Waals surface area (Å²) in [7, 11) is 0. The maximum Gasteiger partial charge on any atom is 0.262 e. The highest BCUT2D eigenvalue weighted by atomic mass is 16.5. The zero-order valence-electron chi connectivity index (χ0n) is 24.5. The van der Waals surface area contributed by atoms with Crippen molar-refractivity contribution in [3.05, 3.63) is 82.2 Å². The van der Waals surface area contributed by atoms with Crippen molar-refractivity contribution in [1.82, 2.24) is 4.90 Å². The number of anilines is 1. The van der Waals surface area contributed by atoms with Crippen LogP contribution in [0.3, 0.4) is 0 Å². The monoisotopic (exact) mass is 540 g/mol. The Morgan fingerprint density at radius 1 is 0.875 bits per heavy atom. The van der Waals surface area contributed by atoms with Gasteiger partial charge in [0, 0.05) is 53.5 Å². The van der Waals surface area contributed by atoms with E-state index in [0.717, 1.165) is 58.7 Å². The van der Waals surface area contributed by atoms with Crippen LogP contribution in [0.25, 0.3) is 0 Å². The molecular weight excluding hydrogens is 500 g/mol. The number of ether oxygens (including phenoxy) is 1. The number of allylic oxidation sites excluding steroid dienone is 4. The lowest BCUT2D eigenvalue weighted by Gasteiger charge is -2.48. The molecule has 6 heteroatoms. The highest BCUT2D eigenvalue weighted by Gasteiger charge is 2.48. The topological polar surface area (TPSA) is 75.7 Å². The van der Waals surface area contributed by atoms with Gasteiger partial charge in [-0.25, -0.2) is 0 Å². The van der Waals surface area contributed by atoms with Gasteiger partial charge in [0.1, 0.15) is 5.75 Å². The van der Waals surface area contributed by atoms with E-state index in [1.807, 2.05) is 55.5 Å². The lowest BCUT2D eigenvalue weighted by atomic mass is 9.63. The first-order valence-electron chi connectivity index (χ1n) is 14.3. The Morgan fingerprint density at radius 2 is 1.43 bits per heavy atom. The fraction of sp³-hybridized carbons (Fsp3) is 0.441. The minimum Gasteiger partial charge on any atom is -0.484 e. The summed E-state index contributed by atoms with van der Waals surface area (Å²) in [6, 6.07) is 15.2. The zero-order chi connectivity index (χ0) is 28.8. The molecule has 2 aromatic carbocycles. The number of Topliss-reactive ketones (excluding diaryl/α,β-unsaturated/α-hetero) is 2. The van der Waals surface area contributed by atoms with E-state index in [1.54, 1.807) is 0 Å². The molecule has 1 aliphatic heterocycles. The van der Waals surface area contributed by atoms with Crippen LogP contribution < -0.4 is 10.1 Å². The fourth-order valence-corrected chi connectivity index (χ4v) is 6.57. The van der Waals surface area contributed by atoms with Crippen molar-refractivity contribution in [3.63, 3.8) is 0 Å². The third-order valence-electron chi connectivity index (χ3n) is 8.34. The lowest BCUT2D eigenvalue weighted by Crippen LogP contribution is -2.44. The van der Waals surface area contributed by atoms with E-state index < -0.39 is 0 Å². The SMILES string of the molecule is CCN1C2=C(C(=O)CC(C)(C)C2)C(c2ccc(OCC(=O)Nc3ccccc3C)cc2)C2=C1CC(C)(C)CC2=O. The Kier molecular flexibility index (Phi) is 7.24. The Morgan fingerprint density at radius 3 is 1.95 bits per heavy atom. The van der Waals surface area contributed by atoms with Gasteiger partial charge in [-0.2, -0.15) is 0 Å². The number of rotatable bonds is 6. The number of nitrogens with zero attached hydrogens (tertiary/aromatic N) is 1. The fourth-order valence-electron chi connectivity index (χ4n) is 6.57. The number of benzene rings is 2. The van der Waals surface area contributed by atoms with E-state index >= 15 is 0 Å². The number of aryl methyl sites for hydroxylation is 1. The van der Waals surface area contributed by atoms with Crippen LogP contribution in [-0.2, 0) is 14.4 Å². The third kappa shape index (κ3) is 5.36. The van der Waals surface area contributed by atoms with Gasteiger partial charge < -0.3 is 15.0 Å². The number of hydrogen-bond donors (Lipinski definition) is 1. The first-order valence-corrected chi connectivity index (χ1v) is 14.3. The molecule has 0 fully saturated rings. The summed E-state index contributed by atoms with van der Waals surface area (Å²) in [6.45, 7) is 13.3. The molecule has 1 N–H and O–H groups in total. The zero-order valence-corrected chi connectivity index (χ0v) is 24.5. The number of ketones is 2. The molecule has 2 aliphatic carbocycles. The summed E-state index contributed by atoms with van der Waals surface area (Å²) in [5.41, 5.74) is 6.11. The van der Waals surface area contributed by atoms with Gasteiger partial charge in [-0.15, -0.1) is 0 Å². The van der Waals surface area contributed by atoms with E-state index in [4.69, 9.17) is 4.74 Å². The van der Waals surface area contributed by atoms with Crippen LogP contribution >= 0.6 is 0 Å². The summed E-state index contributed by atoms with van der Waals surface area (Å²) < 4.78 is 5.79. The van der Waals surface area contributed by atoms with Crippen molar-refractivity contribution in [2.75, 3.05) is 18.5 Å². The van der Waals surface area contributed by atoms with Gasteiger partial charge in [-0.3, -0.25) is 14.4 Å². The molecule has 1 amide bonds. The van der Waals surface area contributed by atoms with Crippen LogP contribution in [-0.4, -0.2) is 35.5 Å². The number of amides is 1. The van der Waals surface area contributed by atoms with Gasteiger partial charge in [-0.1, -0.05) is 58.0 Å². The van der Waals surface area contributed by atoms with Crippen LogP contribution in [0.1, 0.15) is 77.3 Å². The van der Waals surface area contributed by atoms with Crippen molar-refractivity contribution in [3.8, 4) is 5.75 Å². The number of carbonyl (C=O) groups excluding carboxylic acids is 3. The second-order valence-corrected chi connectivity index (χ2v) is 13.0. The number of nitrogens with one attached hydrogen (secondary N) is 1. The molecule has 0 radical (unpaired) electrons. The molecule has 0 unspecified atom stereocenters. The van der Waals surface area contributed by atoms with Crippen LogP contribution in [0.5, 0.6) is 5.75 Å². The van der Waals surface area contributed by atoms with Crippen LogP contribution in [0, 0.1) is 17.8 Å². The Hall–Kier alpha value is -3.67. The molecule has 0 aromatic heterocycles.